The molecule has 0 fully saturated rings. The highest BCUT2D eigenvalue weighted by molar-refractivity contribution is 8.93. The van der Waals surface area contributed by atoms with E-state index in [0.717, 1.165) is 17.1 Å². The van der Waals surface area contributed by atoms with Gasteiger partial charge in [-0.2, -0.15) is 4.57 Å². The molecule has 0 aliphatic rings. The summed E-state index contributed by atoms with van der Waals surface area (Å²) in [4.78, 5) is 16.9. The van der Waals surface area contributed by atoms with Gasteiger partial charge in [0.1, 0.15) is 11.4 Å². The lowest BCUT2D eigenvalue weighted by Crippen LogP contribution is -2.39. The van der Waals surface area contributed by atoms with Gasteiger partial charge < -0.3 is 4.74 Å². The molecular weight excluding hydrogens is 368 g/mol. The van der Waals surface area contributed by atoms with Crippen LogP contribution in [-0.4, -0.2) is 17.9 Å². The van der Waals surface area contributed by atoms with Crippen LogP contribution < -0.4 is 9.30 Å². The lowest BCUT2D eigenvalue weighted by atomic mass is 10.1. The lowest BCUT2D eigenvalue weighted by molar-refractivity contribution is -0.672. The van der Waals surface area contributed by atoms with Crippen LogP contribution in [0.4, 0.5) is 0 Å². The molecule has 1 aromatic carbocycles. The number of ketones is 1. The zero-order valence-corrected chi connectivity index (χ0v) is 15.0. The van der Waals surface area contributed by atoms with Gasteiger partial charge >= 0.3 is 0 Å². The zero-order chi connectivity index (χ0) is 16.1. The van der Waals surface area contributed by atoms with Crippen LogP contribution in [0.15, 0.2) is 73.1 Å². The maximum Gasteiger partial charge on any atom is 0.231 e. The summed E-state index contributed by atoms with van der Waals surface area (Å²) in [5.74, 6) is 0.782. The van der Waals surface area contributed by atoms with Crippen molar-refractivity contribution in [2.75, 3.05) is 7.11 Å². The van der Waals surface area contributed by atoms with E-state index in [1.54, 1.807) is 37.6 Å². The first-order valence-electron chi connectivity index (χ1n) is 7.35. The van der Waals surface area contributed by atoms with Gasteiger partial charge in [-0.3, -0.25) is 4.79 Å². The maximum absolute atomic E-state index is 12.5. The summed E-state index contributed by atoms with van der Waals surface area (Å²) >= 11 is 0. The van der Waals surface area contributed by atoms with Crippen LogP contribution in [0.2, 0.25) is 0 Å². The Morgan fingerprint density at radius 1 is 1.04 bits per heavy atom. The quantitative estimate of drug-likeness (QED) is 0.498. The second kappa shape index (κ2) is 8.36. The van der Waals surface area contributed by atoms with Crippen molar-refractivity contribution in [2.24, 2.45) is 0 Å². The summed E-state index contributed by atoms with van der Waals surface area (Å²) in [5, 5.41) is 0. The highest BCUT2D eigenvalue weighted by atomic mass is 79.9. The highest BCUT2D eigenvalue weighted by Gasteiger charge is 2.18. The molecule has 2 heterocycles. The van der Waals surface area contributed by atoms with Crippen LogP contribution in [0.1, 0.15) is 10.4 Å². The second-order valence-corrected chi connectivity index (χ2v) is 5.08. The summed E-state index contributed by atoms with van der Waals surface area (Å²) in [5.41, 5.74) is 2.42. The number of pyridine rings is 2. The Bertz CT molecular complexity index is 805. The highest BCUT2D eigenvalue weighted by Crippen LogP contribution is 2.13. The average Bonchev–Trinajstić information content (AvgIpc) is 2.63. The number of hydrogen-bond donors (Lipinski definition) is 0. The van der Waals surface area contributed by atoms with Gasteiger partial charge in [0.05, 0.1) is 7.11 Å². The van der Waals surface area contributed by atoms with Gasteiger partial charge in [-0.05, 0) is 42.5 Å². The summed E-state index contributed by atoms with van der Waals surface area (Å²) < 4.78 is 7.03. The van der Waals surface area contributed by atoms with Gasteiger partial charge in [-0.15, -0.1) is 17.0 Å². The Morgan fingerprint density at radius 2 is 1.79 bits per heavy atom. The number of nitrogens with zero attached hydrogens (tertiary/aromatic N) is 2. The van der Waals surface area contributed by atoms with Crippen LogP contribution >= 0.6 is 17.0 Å². The number of carbonyl (C=O) groups is 1. The summed E-state index contributed by atoms with van der Waals surface area (Å²) in [6.45, 7) is 0.263. The lowest BCUT2D eigenvalue weighted by Gasteiger charge is -2.04. The van der Waals surface area contributed by atoms with E-state index < -0.39 is 0 Å². The third-order valence-electron chi connectivity index (χ3n) is 3.59. The molecule has 0 radical (unpaired) electrons. The number of ether oxygens (including phenoxy) is 1. The molecule has 0 N–H and O–H groups in total. The molecular formula is C19H18BrN2O2+. The fourth-order valence-electron chi connectivity index (χ4n) is 2.38. The normalized spacial score (nSPS) is 9.88. The van der Waals surface area contributed by atoms with E-state index in [2.05, 4.69) is 4.98 Å². The zero-order valence-electron chi connectivity index (χ0n) is 13.3. The fourth-order valence-corrected chi connectivity index (χ4v) is 2.38. The third-order valence-corrected chi connectivity index (χ3v) is 3.59. The molecule has 3 aromatic rings. The van der Waals surface area contributed by atoms with Crippen LogP contribution in [0.25, 0.3) is 11.4 Å². The summed E-state index contributed by atoms with van der Waals surface area (Å²) in [6.07, 6.45) is 3.64. The number of benzene rings is 1. The second-order valence-electron chi connectivity index (χ2n) is 5.08. The molecule has 0 atom stereocenters. The van der Waals surface area contributed by atoms with Gasteiger partial charge in [-0.25, -0.2) is 4.98 Å². The van der Waals surface area contributed by atoms with Crippen molar-refractivity contribution in [1.82, 2.24) is 4.98 Å². The number of methoxy groups -OCH3 is 1. The van der Waals surface area contributed by atoms with E-state index in [4.69, 9.17) is 4.74 Å². The minimum atomic E-state index is 0. The topological polar surface area (TPSA) is 43.1 Å². The molecule has 0 aliphatic carbocycles. The minimum absolute atomic E-state index is 0. The molecule has 0 aliphatic heterocycles. The molecule has 4 nitrogen and oxygen atoms in total. The molecule has 24 heavy (non-hydrogen) atoms. The molecule has 0 bridgehead atoms. The molecule has 0 unspecified atom stereocenters. The number of halogens is 1. The molecule has 0 saturated carbocycles. The van der Waals surface area contributed by atoms with E-state index in [0.29, 0.717) is 5.56 Å². The predicted octanol–water partition coefficient (Wildman–Crippen LogP) is 3.51. The first-order valence-corrected chi connectivity index (χ1v) is 7.35. The monoisotopic (exact) mass is 385 g/mol. The average molecular weight is 386 g/mol. The smallest absolute Gasteiger partial charge is 0.231 e. The minimum Gasteiger partial charge on any atom is -0.497 e. The number of aromatic nitrogens is 2. The molecule has 3 rings (SSSR count). The molecule has 5 heteroatoms. The van der Waals surface area contributed by atoms with Gasteiger partial charge in [0.2, 0.25) is 18.0 Å². The van der Waals surface area contributed by atoms with Gasteiger partial charge in [0, 0.05) is 23.9 Å². The van der Waals surface area contributed by atoms with E-state index in [1.165, 1.54) is 0 Å². The van der Waals surface area contributed by atoms with Crippen molar-refractivity contribution in [3.8, 4) is 17.1 Å². The molecule has 2 aromatic heterocycles. The Morgan fingerprint density at radius 3 is 2.46 bits per heavy atom. The summed E-state index contributed by atoms with van der Waals surface area (Å²) in [6, 6.07) is 18.7. The molecule has 0 saturated heterocycles. The van der Waals surface area contributed by atoms with Crippen LogP contribution in [0.5, 0.6) is 5.75 Å². The van der Waals surface area contributed by atoms with E-state index in [9.17, 15) is 4.79 Å². The fraction of sp³-hybridized carbons (Fsp3) is 0.105. The van der Waals surface area contributed by atoms with Gasteiger partial charge in [-0.1, -0.05) is 6.07 Å². The molecule has 122 valence electrons. The predicted molar refractivity (Wildman–Crippen MR) is 97.5 cm³/mol. The van der Waals surface area contributed by atoms with Crippen molar-refractivity contribution in [3.05, 3.63) is 78.6 Å². The van der Waals surface area contributed by atoms with Crippen LogP contribution in [0.3, 0.4) is 0 Å². The number of carbonyl (C=O) groups excluding carboxylic acids is 1. The van der Waals surface area contributed by atoms with Crippen molar-refractivity contribution in [2.45, 2.75) is 6.54 Å². The van der Waals surface area contributed by atoms with E-state index in [-0.39, 0.29) is 29.3 Å². The maximum atomic E-state index is 12.5. The van der Waals surface area contributed by atoms with Crippen molar-refractivity contribution in [1.29, 1.82) is 0 Å². The molecule has 0 spiro atoms. The Balaban J connectivity index is 0.00000208. The SMILES string of the molecule is Br.COc1ccc(C(=O)C[n+]2ccccc2-c2ccccn2)cc1. The van der Waals surface area contributed by atoms with Gasteiger partial charge in [0.25, 0.3) is 0 Å². The Hall–Kier alpha value is -2.53. The van der Waals surface area contributed by atoms with Gasteiger partial charge in [0.15, 0.2) is 6.20 Å². The first kappa shape index (κ1) is 17.8. The standard InChI is InChI=1S/C19H17N2O2.BrH/c1-23-16-10-8-15(9-11-16)19(22)14-21-13-5-3-7-18(21)17-6-2-4-12-20-17;/h2-13H,14H2,1H3;1H/q+1;. The third kappa shape index (κ3) is 4.06. The van der Waals surface area contributed by atoms with E-state index in [1.807, 2.05) is 47.2 Å². The largest absolute Gasteiger partial charge is 0.497 e. The first-order chi connectivity index (χ1) is 11.3. The number of rotatable bonds is 5. The number of hydrogen-bond acceptors (Lipinski definition) is 3. The van der Waals surface area contributed by atoms with E-state index >= 15 is 0 Å². The Kier molecular flexibility index (Phi) is 6.21. The number of Topliss-reactive ketones (excluding diaryl/α,β-unsaturated/α-hetero) is 1. The summed E-state index contributed by atoms with van der Waals surface area (Å²) in [7, 11) is 1.61. The van der Waals surface area contributed by atoms with Crippen molar-refractivity contribution < 1.29 is 14.1 Å². The Labute approximate surface area is 151 Å². The van der Waals surface area contributed by atoms with Crippen molar-refractivity contribution >= 4 is 22.8 Å². The van der Waals surface area contributed by atoms with Crippen LogP contribution in [-0.2, 0) is 6.54 Å². The molecule has 0 amide bonds. The van der Waals surface area contributed by atoms with Crippen LogP contribution in [0, 0.1) is 0 Å². The van der Waals surface area contributed by atoms with Crippen molar-refractivity contribution in [3.63, 3.8) is 0 Å².